The van der Waals surface area contributed by atoms with E-state index in [0.29, 0.717) is 24.7 Å². The number of hydrogen-bond acceptors (Lipinski definition) is 2. The minimum Gasteiger partial charge on any atom is -0.358 e. The molecule has 132 valence electrons. The van der Waals surface area contributed by atoms with Gasteiger partial charge in [-0.05, 0) is 35.4 Å². The summed E-state index contributed by atoms with van der Waals surface area (Å²) in [7, 11) is 0. The highest BCUT2D eigenvalue weighted by atomic mass is 35.5. The summed E-state index contributed by atoms with van der Waals surface area (Å²) in [5.74, 6) is -0.0141. The molecule has 3 rings (SSSR count). The second kappa shape index (κ2) is 9.07. The first-order valence-corrected chi connectivity index (χ1v) is 8.93. The molecular weight excluding hydrogens is 344 g/mol. The Morgan fingerprint density at radius 1 is 0.808 bits per heavy atom. The van der Waals surface area contributed by atoms with E-state index in [1.54, 1.807) is 0 Å². The first-order chi connectivity index (χ1) is 12.7. The molecule has 0 unspecified atom stereocenters. The van der Waals surface area contributed by atoms with E-state index in [9.17, 15) is 4.79 Å². The first kappa shape index (κ1) is 18.0. The summed E-state index contributed by atoms with van der Waals surface area (Å²) >= 11 is 5.89. The highest BCUT2D eigenvalue weighted by Gasteiger charge is 2.12. The van der Waals surface area contributed by atoms with Crippen LogP contribution in [-0.4, -0.2) is 12.5 Å². The summed E-state index contributed by atoms with van der Waals surface area (Å²) in [5.41, 5.74) is 3.22. The Morgan fingerprint density at radius 3 is 2.08 bits per heavy atom. The van der Waals surface area contributed by atoms with Crippen molar-refractivity contribution < 1.29 is 4.79 Å². The molecule has 3 aromatic rings. The third-order valence-electron chi connectivity index (χ3n) is 4.08. The van der Waals surface area contributed by atoms with E-state index >= 15 is 0 Å². The monoisotopic (exact) mass is 364 g/mol. The maximum Gasteiger partial charge on any atom is 0.239 e. The molecule has 0 heterocycles. The molecule has 3 nitrogen and oxygen atoms in total. The van der Waals surface area contributed by atoms with Gasteiger partial charge in [-0.15, -0.1) is 0 Å². The Morgan fingerprint density at radius 2 is 1.42 bits per heavy atom. The van der Waals surface area contributed by atoms with E-state index in [2.05, 4.69) is 22.3 Å². The number of halogens is 1. The lowest BCUT2D eigenvalue weighted by atomic mass is 10.2. The first-order valence-electron chi connectivity index (χ1n) is 8.56. The van der Waals surface area contributed by atoms with Crippen molar-refractivity contribution in [3.63, 3.8) is 0 Å². The van der Waals surface area contributed by atoms with Crippen LogP contribution in [-0.2, 0) is 17.9 Å². The van der Waals surface area contributed by atoms with Crippen molar-refractivity contribution in [2.24, 2.45) is 0 Å². The molecule has 0 aliphatic carbocycles. The molecule has 1 N–H and O–H groups in total. The van der Waals surface area contributed by atoms with E-state index in [0.717, 1.165) is 11.3 Å². The second-order valence-corrected chi connectivity index (χ2v) is 6.52. The standard InChI is InChI=1S/C22H21ClN2O/c23-20-13-11-18(12-14-20)15-24-22(26)17-25(21-9-5-2-6-10-21)16-19-7-3-1-4-8-19/h1-14H,15-17H2,(H,24,26). The Kier molecular flexibility index (Phi) is 6.29. The number of carbonyl (C=O) groups excluding carboxylic acids is 1. The number of nitrogens with zero attached hydrogens (tertiary/aromatic N) is 1. The van der Waals surface area contributed by atoms with Crippen molar-refractivity contribution in [1.29, 1.82) is 0 Å². The third-order valence-corrected chi connectivity index (χ3v) is 4.33. The predicted octanol–water partition coefficient (Wildman–Crippen LogP) is 4.66. The fourth-order valence-corrected chi connectivity index (χ4v) is 2.84. The van der Waals surface area contributed by atoms with Crippen molar-refractivity contribution >= 4 is 23.2 Å². The van der Waals surface area contributed by atoms with Gasteiger partial charge in [0.25, 0.3) is 0 Å². The average Bonchev–Trinajstić information content (AvgIpc) is 2.68. The van der Waals surface area contributed by atoms with Gasteiger partial charge in [-0.3, -0.25) is 4.79 Å². The number of nitrogens with one attached hydrogen (secondary N) is 1. The molecule has 0 aliphatic rings. The van der Waals surface area contributed by atoms with E-state index < -0.39 is 0 Å². The zero-order chi connectivity index (χ0) is 18.2. The molecule has 0 aromatic heterocycles. The van der Waals surface area contributed by atoms with Crippen LogP contribution in [0.25, 0.3) is 0 Å². The molecule has 0 atom stereocenters. The summed E-state index contributed by atoms with van der Waals surface area (Å²) in [6.07, 6.45) is 0. The summed E-state index contributed by atoms with van der Waals surface area (Å²) in [6, 6.07) is 27.6. The van der Waals surface area contributed by atoms with Gasteiger partial charge >= 0.3 is 0 Å². The molecule has 0 radical (unpaired) electrons. The van der Waals surface area contributed by atoms with Crippen LogP contribution < -0.4 is 10.2 Å². The van der Waals surface area contributed by atoms with E-state index in [1.807, 2.05) is 72.8 Å². The lowest BCUT2D eigenvalue weighted by Gasteiger charge is -2.24. The van der Waals surface area contributed by atoms with Gasteiger partial charge in [0.1, 0.15) is 0 Å². The molecule has 0 fully saturated rings. The van der Waals surface area contributed by atoms with Crippen molar-refractivity contribution in [3.8, 4) is 0 Å². The topological polar surface area (TPSA) is 32.3 Å². The number of benzene rings is 3. The second-order valence-electron chi connectivity index (χ2n) is 6.08. The number of amides is 1. The summed E-state index contributed by atoms with van der Waals surface area (Å²) < 4.78 is 0. The maximum absolute atomic E-state index is 12.5. The SMILES string of the molecule is O=C(CN(Cc1ccccc1)c1ccccc1)NCc1ccc(Cl)cc1. The molecule has 4 heteroatoms. The van der Waals surface area contributed by atoms with E-state index in [4.69, 9.17) is 11.6 Å². The molecule has 0 saturated carbocycles. The molecule has 0 aliphatic heterocycles. The van der Waals surface area contributed by atoms with Crippen LogP contribution >= 0.6 is 11.6 Å². The Labute approximate surface area is 159 Å². The van der Waals surface area contributed by atoms with Crippen molar-refractivity contribution in [1.82, 2.24) is 5.32 Å². The van der Waals surface area contributed by atoms with Crippen molar-refractivity contribution in [2.45, 2.75) is 13.1 Å². The molecular formula is C22H21ClN2O. The van der Waals surface area contributed by atoms with Crippen LogP contribution in [0.4, 0.5) is 5.69 Å². The number of carbonyl (C=O) groups is 1. The van der Waals surface area contributed by atoms with Crippen LogP contribution in [0.15, 0.2) is 84.9 Å². The summed E-state index contributed by atoms with van der Waals surface area (Å²) in [5, 5.41) is 3.67. The summed E-state index contributed by atoms with van der Waals surface area (Å²) in [6.45, 7) is 1.47. The minimum atomic E-state index is -0.0141. The molecule has 1 amide bonds. The highest BCUT2D eigenvalue weighted by molar-refractivity contribution is 6.30. The Bertz CT molecular complexity index is 820. The number of rotatable bonds is 7. The fraction of sp³-hybridized carbons (Fsp3) is 0.136. The fourth-order valence-electron chi connectivity index (χ4n) is 2.71. The van der Waals surface area contributed by atoms with Gasteiger partial charge in [0, 0.05) is 23.8 Å². The zero-order valence-corrected chi connectivity index (χ0v) is 15.2. The lowest BCUT2D eigenvalue weighted by Crippen LogP contribution is -2.36. The van der Waals surface area contributed by atoms with Crippen LogP contribution in [0.5, 0.6) is 0 Å². The van der Waals surface area contributed by atoms with Crippen molar-refractivity contribution in [3.05, 3.63) is 101 Å². The Balaban J connectivity index is 1.64. The molecule has 0 bridgehead atoms. The van der Waals surface area contributed by atoms with Gasteiger partial charge < -0.3 is 10.2 Å². The molecule has 0 spiro atoms. The lowest BCUT2D eigenvalue weighted by molar-refractivity contribution is -0.119. The predicted molar refractivity (Wildman–Crippen MR) is 107 cm³/mol. The maximum atomic E-state index is 12.5. The highest BCUT2D eigenvalue weighted by Crippen LogP contribution is 2.16. The average molecular weight is 365 g/mol. The summed E-state index contributed by atoms with van der Waals surface area (Å²) in [4.78, 5) is 14.6. The third kappa shape index (κ3) is 5.36. The molecule has 26 heavy (non-hydrogen) atoms. The van der Waals surface area contributed by atoms with Gasteiger partial charge in [-0.2, -0.15) is 0 Å². The number of hydrogen-bond donors (Lipinski definition) is 1. The molecule has 0 saturated heterocycles. The van der Waals surface area contributed by atoms with Crippen molar-refractivity contribution in [2.75, 3.05) is 11.4 Å². The van der Waals surface area contributed by atoms with Gasteiger partial charge in [-0.25, -0.2) is 0 Å². The van der Waals surface area contributed by atoms with Crippen LogP contribution in [0.2, 0.25) is 5.02 Å². The van der Waals surface area contributed by atoms with Gasteiger partial charge in [0.15, 0.2) is 0 Å². The van der Waals surface area contributed by atoms with Crippen LogP contribution in [0.1, 0.15) is 11.1 Å². The smallest absolute Gasteiger partial charge is 0.239 e. The molecule has 3 aromatic carbocycles. The van der Waals surface area contributed by atoms with Crippen LogP contribution in [0, 0.1) is 0 Å². The number of anilines is 1. The normalized spacial score (nSPS) is 10.3. The van der Waals surface area contributed by atoms with E-state index in [-0.39, 0.29) is 5.91 Å². The van der Waals surface area contributed by atoms with E-state index in [1.165, 1.54) is 5.56 Å². The largest absolute Gasteiger partial charge is 0.358 e. The zero-order valence-electron chi connectivity index (χ0n) is 14.4. The van der Waals surface area contributed by atoms with Gasteiger partial charge in [-0.1, -0.05) is 72.3 Å². The van der Waals surface area contributed by atoms with Gasteiger partial charge in [0.2, 0.25) is 5.91 Å². The minimum absolute atomic E-state index is 0.0141. The quantitative estimate of drug-likeness (QED) is 0.661. The van der Waals surface area contributed by atoms with Gasteiger partial charge in [0.05, 0.1) is 6.54 Å². The Hall–Kier alpha value is -2.78. The van der Waals surface area contributed by atoms with Crippen LogP contribution in [0.3, 0.4) is 0 Å². The number of para-hydroxylation sites is 1.